The molecule has 0 atom stereocenters. The summed E-state index contributed by atoms with van der Waals surface area (Å²) in [6.07, 6.45) is -4.44. The van der Waals surface area contributed by atoms with E-state index in [1.165, 1.54) is 30.3 Å². The topological polar surface area (TPSA) is 43.1 Å². The van der Waals surface area contributed by atoms with E-state index in [9.17, 15) is 23.3 Å². The Hall–Kier alpha value is -1.29. The van der Waals surface area contributed by atoms with Crippen LogP contribution in [0, 0.1) is 13.7 Å². The Bertz CT molecular complexity index is 674. The van der Waals surface area contributed by atoms with Crippen LogP contribution in [0.4, 0.5) is 18.9 Å². The molecule has 0 radical (unpaired) electrons. The summed E-state index contributed by atoms with van der Waals surface area (Å²) in [7, 11) is 0. The fraction of sp³-hybridized carbons (Fsp3) is 0.0769. The van der Waals surface area contributed by atoms with Crippen LogP contribution in [0.3, 0.4) is 0 Å². The van der Waals surface area contributed by atoms with Gasteiger partial charge in [0.1, 0.15) is 0 Å². The minimum Gasteiger partial charge on any atom is -0.258 e. The highest BCUT2D eigenvalue weighted by Gasteiger charge is 2.33. The average molecular weight is 425 g/mol. The molecule has 110 valence electrons. The van der Waals surface area contributed by atoms with Crippen LogP contribution in [0.1, 0.15) is 5.56 Å². The highest BCUT2D eigenvalue weighted by Crippen LogP contribution is 2.40. The van der Waals surface area contributed by atoms with Gasteiger partial charge in [-0.15, -0.1) is 0 Å². The molecule has 0 aromatic heterocycles. The molecule has 0 aliphatic heterocycles. The van der Waals surface area contributed by atoms with E-state index < -0.39 is 16.7 Å². The number of nitro benzene ring substituents is 1. The Morgan fingerprint density at radius 2 is 1.71 bits per heavy atom. The number of benzene rings is 2. The summed E-state index contributed by atoms with van der Waals surface area (Å²) < 4.78 is 39.5. The molecule has 0 spiro atoms. The third-order valence-electron chi connectivity index (χ3n) is 2.52. The van der Waals surface area contributed by atoms with E-state index in [1.807, 2.05) is 22.6 Å². The zero-order valence-electron chi connectivity index (χ0n) is 10.2. The van der Waals surface area contributed by atoms with Crippen LogP contribution in [-0.4, -0.2) is 4.92 Å². The molecule has 8 heteroatoms. The summed E-state index contributed by atoms with van der Waals surface area (Å²) in [4.78, 5) is 10.6. The highest BCUT2D eigenvalue weighted by molar-refractivity contribution is 14.1. The number of halogens is 4. The largest absolute Gasteiger partial charge is 0.417 e. The fourth-order valence-electron chi connectivity index (χ4n) is 1.58. The number of hydrogen-bond acceptors (Lipinski definition) is 3. The van der Waals surface area contributed by atoms with E-state index in [0.717, 1.165) is 17.8 Å². The van der Waals surface area contributed by atoms with Crippen molar-refractivity contribution >= 4 is 40.0 Å². The maximum absolute atomic E-state index is 13.0. The van der Waals surface area contributed by atoms with Gasteiger partial charge in [-0.2, -0.15) is 13.2 Å². The summed E-state index contributed by atoms with van der Waals surface area (Å²) >= 11 is 2.74. The third kappa shape index (κ3) is 4.10. The van der Waals surface area contributed by atoms with Gasteiger partial charge in [-0.3, -0.25) is 10.1 Å². The van der Waals surface area contributed by atoms with E-state index in [0.29, 0.717) is 8.47 Å². The molecule has 2 aromatic rings. The summed E-state index contributed by atoms with van der Waals surface area (Å²) in [5, 5.41) is 10.5. The molecule has 0 saturated heterocycles. The summed E-state index contributed by atoms with van der Waals surface area (Å²) in [5.41, 5.74) is -0.809. The molecule has 2 rings (SSSR count). The Balaban J connectivity index is 2.33. The van der Waals surface area contributed by atoms with Crippen LogP contribution < -0.4 is 0 Å². The molecule has 2 aromatic carbocycles. The van der Waals surface area contributed by atoms with Gasteiger partial charge in [-0.1, -0.05) is 11.8 Å². The first-order valence-electron chi connectivity index (χ1n) is 5.56. The molecule has 0 fully saturated rings. The molecule has 21 heavy (non-hydrogen) atoms. The van der Waals surface area contributed by atoms with Crippen molar-refractivity contribution in [2.45, 2.75) is 16.0 Å². The predicted molar refractivity (Wildman–Crippen MR) is 81.4 cm³/mol. The Morgan fingerprint density at radius 1 is 1.10 bits per heavy atom. The summed E-state index contributed by atoms with van der Waals surface area (Å²) in [5.74, 6) is 0. The van der Waals surface area contributed by atoms with Crippen LogP contribution in [0.25, 0.3) is 0 Å². The highest BCUT2D eigenvalue weighted by atomic mass is 127. The van der Waals surface area contributed by atoms with E-state index in [-0.39, 0.29) is 10.6 Å². The normalized spacial score (nSPS) is 11.4. The van der Waals surface area contributed by atoms with Crippen molar-refractivity contribution in [3.8, 4) is 0 Å². The number of rotatable bonds is 3. The molecule has 0 N–H and O–H groups in total. The zero-order valence-corrected chi connectivity index (χ0v) is 13.2. The lowest BCUT2D eigenvalue weighted by Crippen LogP contribution is -2.07. The number of nitro groups is 1. The molecule has 0 amide bonds. The van der Waals surface area contributed by atoms with Gasteiger partial charge in [0.25, 0.3) is 5.69 Å². The molecule has 0 unspecified atom stereocenters. The second-order valence-corrected chi connectivity index (χ2v) is 6.35. The third-order valence-corrected chi connectivity index (χ3v) is 4.28. The lowest BCUT2D eigenvalue weighted by atomic mass is 10.2. The van der Waals surface area contributed by atoms with E-state index in [4.69, 9.17) is 0 Å². The fourth-order valence-corrected chi connectivity index (χ4v) is 3.01. The van der Waals surface area contributed by atoms with Crippen molar-refractivity contribution < 1.29 is 18.1 Å². The van der Waals surface area contributed by atoms with Crippen LogP contribution in [0.5, 0.6) is 0 Å². The van der Waals surface area contributed by atoms with Crippen LogP contribution in [-0.2, 0) is 6.18 Å². The van der Waals surface area contributed by atoms with E-state index >= 15 is 0 Å². The molecule has 0 heterocycles. The minimum absolute atomic E-state index is 0.0665. The van der Waals surface area contributed by atoms with E-state index in [1.54, 1.807) is 6.07 Å². The van der Waals surface area contributed by atoms with Gasteiger partial charge >= 0.3 is 6.18 Å². The number of nitrogens with zero attached hydrogens (tertiary/aromatic N) is 1. The molecule has 0 aliphatic carbocycles. The maximum atomic E-state index is 13.0. The SMILES string of the molecule is O=[N+]([O-])c1ccc(Sc2ccc(I)cc2C(F)(F)F)cc1. The van der Waals surface area contributed by atoms with Crippen molar-refractivity contribution in [2.75, 3.05) is 0 Å². The van der Waals surface area contributed by atoms with Crippen LogP contribution in [0.2, 0.25) is 0 Å². The minimum atomic E-state index is -4.44. The Labute approximate surface area is 135 Å². The first-order valence-corrected chi connectivity index (χ1v) is 7.46. The van der Waals surface area contributed by atoms with Crippen molar-refractivity contribution in [1.29, 1.82) is 0 Å². The van der Waals surface area contributed by atoms with E-state index in [2.05, 4.69) is 0 Å². The first kappa shape index (κ1) is 16.1. The first-order chi connectivity index (χ1) is 9.77. The van der Waals surface area contributed by atoms with Gasteiger partial charge in [0, 0.05) is 25.5 Å². The van der Waals surface area contributed by atoms with Crippen LogP contribution >= 0.6 is 34.4 Å². The Kier molecular flexibility index (Phi) is 4.77. The van der Waals surface area contributed by atoms with Gasteiger partial charge in [-0.25, -0.2) is 0 Å². The van der Waals surface area contributed by atoms with Crippen molar-refractivity contribution in [2.24, 2.45) is 0 Å². The predicted octanol–water partition coefficient (Wildman–Crippen LogP) is 5.37. The number of hydrogen-bond donors (Lipinski definition) is 0. The number of alkyl halides is 3. The molecule has 0 bridgehead atoms. The van der Waals surface area contributed by atoms with Gasteiger partial charge in [0.05, 0.1) is 10.5 Å². The van der Waals surface area contributed by atoms with Gasteiger partial charge < -0.3 is 0 Å². The van der Waals surface area contributed by atoms with Gasteiger partial charge in [0.15, 0.2) is 0 Å². The average Bonchev–Trinajstić information content (AvgIpc) is 2.40. The zero-order chi connectivity index (χ0) is 15.6. The summed E-state index contributed by atoms with van der Waals surface area (Å²) in [6, 6.07) is 9.46. The standard InChI is InChI=1S/C13H7F3INO2S/c14-13(15,16)11-7-8(17)1-6-12(11)21-10-4-2-9(3-5-10)18(19)20/h1-7H. The molecule has 0 saturated carbocycles. The lowest BCUT2D eigenvalue weighted by molar-refractivity contribution is -0.384. The summed E-state index contributed by atoms with van der Waals surface area (Å²) in [6.45, 7) is 0. The lowest BCUT2D eigenvalue weighted by Gasteiger charge is -2.12. The Morgan fingerprint density at radius 3 is 2.24 bits per heavy atom. The second kappa shape index (κ2) is 6.22. The smallest absolute Gasteiger partial charge is 0.258 e. The van der Waals surface area contributed by atoms with Gasteiger partial charge in [-0.05, 0) is 52.9 Å². The van der Waals surface area contributed by atoms with Crippen molar-refractivity contribution in [1.82, 2.24) is 0 Å². The maximum Gasteiger partial charge on any atom is 0.417 e. The molecule has 0 aliphatic rings. The van der Waals surface area contributed by atoms with Crippen molar-refractivity contribution in [3.63, 3.8) is 0 Å². The van der Waals surface area contributed by atoms with Gasteiger partial charge in [0.2, 0.25) is 0 Å². The monoisotopic (exact) mass is 425 g/mol. The number of non-ortho nitro benzene ring substituents is 1. The van der Waals surface area contributed by atoms with Crippen molar-refractivity contribution in [3.05, 3.63) is 61.7 Å². The molecular formula is C13H7F3INO2S. The molecule has 3 nitrogen and oxygen atoms in total. The quantitative estimate of drug-likeness (QED) is 0.378. The van der Waals surface area contributed by atoms with Crippen LogP contribution in [0.15, 0.2) is 52.3 Å². The molecular weight excluding hydrogens is 418 g/mol. The second-order valence-electron chi connectivity index (χ2n) is 3.99.